The third-order valence-electron chi connectivity index (χ3n) is 4.83. The molecule has 2 fully saturated rings. The molecule has 120 valence electrons. The lowest BCUT2D eigenvalue weighted by atomic mass is 9.90. The van der Waals surface area contributed by atoms with Crippen molar-refractivity contribution in [2.75, 3.05) is 0 Å². The van der Waals surface area contributed by atoms with Crippen LogP contribution in [-0.4, -0.2) is 27.4 Å². The van der Waals surface area contributed by atoms with E-state index in [0.717, 1.165) is 53.7 Å². The third-order valence-corrected chi connectivity index (χ3v) is 5.86. The Kier molecular flexibility index (Phi) is 3.56. The van der Waals surface area contributed by atoms with Crippen LogP contribution in [0.3, 0.4) is 0 Å². The van der Waals surface area contributed by atoms with E-state index in [4.69, 9.17) is 0 Å². The maximum atomic E-state index is 12.9. The summed E-state index contributed by atoms with van der Waals surface area (Å²) < 4.78 is 1.08. The summed E-state index contributed by atoms with van der Waals surface area (Å²) in [5.41, 5.74) is 0.258. The minimum atomic E-state index is -0.662. The van der Waals surface area contributed by atoms with Crippen molar-refractivity contribution < 1.29 is 9.59 Å². The highest BCUT2D eigenvalue weighted by molar-refractivity contribution is 7.18. The van der Waals surface area contributed by atoms with Gasteiger partial charge in [0.05, 0.1) is 16.8 Å². The number of aromatic nitrogens is 1. The Bertz CT molecular complexity index is 729. The standard InChI is InChI=1S/C17H19N3O2S/c21-15-17(9-5-1-2-6-10-17)19-16(22)20(15)11-14-18-12-7-3-4-8-13(12)23-14/h3-4,7-8H,1-2,5-6,9-11H2,(H,19,22). The number of nitrogens with zero attached hydrogens (tertiary/aromatic N) is 2. The van der Waals surface area contributed by atoms with Crippen LogP contribution in [0.4, 0.5) is 4.79 Å². The Hall–Kier alpha value is -1.95. The second-order valence-electron chi connectivity index (χ2n) is 6.39. The number of amides is 3. The summed E-state index contributed by atoms with van der Waals surface area (Å²) in [6.45, 7) is 0.270. The van der Waals surface area contributed by atoms with Crippen LogP contribution >= 0.6 is 11.3 Å². The lowest BCUT2D eigenvalue weighted by Gasteiger charge is -2.24. The maximum absolute atomic E-state index is 12.9. The third kappa shape index (κ3) is 2.51. The number of imide groups is 1. The number of urea groups is 1. The van der Waals surface area contributed by atoms with Crippen LogP contribution in [0.15, 0.2) is 24.3 Å². The summed E-state index contributed by atoms with van der Waals surface area (Å²) in [6.07, 6.45) is 5.80. The molecule has 0 unspecified atom stereocenters. The van der Waals surface area contributed by atoms with Crippen LogP contribution in [0.5, 0.6) is 0 Å². The fourth-order valence-corrected chi connectivity index (χ4v) is 4.57. The number of benzene rings is 1. The van der Waals surface area contributed by atoms with Crippen LogP contribution in [-0.2, 0) is 11.3 Å². The monoisotopic (exact) mass is 329 g/mol. The molecule has 2 aliphatic rings. The van der Waals surface area contributed by atoms with E-state index in [9.17, 15) is 9.59 Å². The van der Waals surface area contributed by atoms with Crippen molar-refractivity contribution in [3.8, 4) is 0 Å². The second-order valence-corrected chi connectivity index (χ2v) is 7.51. The van der Waals surface area contributed by atoms with E-state index in [-0.39, 0.29) is 18.5 Å². The zero-order chi connectivity index (χ0) is 15.9. The maximum Gasteiger partial charge on any atom is 0.325 e. The first-order valence-electron chi connectivity index (χ1n) is 8.17. The van der Waals surface area contributed by atoms with E-state index in [1.165, 1.54) is 4.90 Å². The molecule has 23 heavy (non-hydrogen) atoms. The molecule has 1 N–H and O–H groups in total. The molecular formula is C17H19N3O2S. The van der Waals surface area contributed by atoms with Gasteiger partial charge in [-0.1, -0.05) is 37.8 Å². The molecule has 1 spiro atoms. The summed E-state index contributed by atoms with van der Waals surface area (Å²) in [5.74, 6) is -0.0661. The molecule has 6 heteroatoms. The molecule has 2 heterocycles. The van der Waals surface area contributed by atoms with E-state index in [1.54, 1.807) is 11.3 Å². The van der Waals surface area contributed by atoms with Crippen molar-refractivity contribution in [2.24, 2.45) is 0 Å². The first kappa shape index (κ1) is 14.6. The predicted octanol–water partition coefficient (Wildman–Crippen LogP) is 3.44. The molecule has 1 saturated heterocycles. The van der Waals surface area contributed by atoms with Gasteiger partial charge in [0.15, 0.2) is 0 Å². The quantitative estimate of drug-likeness (QED) is 0.859. The number of rotatable bonds is 2. The van der Waals surface area contributed by atoms with Crippen molar-refractivity contribution in [1.82, 2.24) is 15.2 Å². The van der Waals surface area contributed by atoms with Crippen LogP contribution in [0.1, 0.15) is 43.5 Å². The number of hydrogen-bond donors (Lipinski definition) is 1. The van der Waals surface area contributed by atoms with Gasteiger partial charge in [-0.2, -0.15) is 0 Å². The minimum absolute atomic E-state index is 0.0661. The van der Waals surface area contributed by atoms with Crippen molar-refractivity contribution in [3.05, 3.63) is 29.3 Å². The lowest BCUT2D eigenvalue weighted by Crippen LogP contribution is -2.46. The largest absolute Gasteiger partial charge is 0.325 e. The van der Waals surface area contributed by atoms with Crippen molar-refractivity contribution in [3.63, 3.8) is 0 Å². The van der Waals surface area contributed by atoms with Crippen LogP contribution in [0.2, 0.25) is 0 Å². The molecule has 4 rings (SSSR count). The smallest absolute Gasteiger partial charge is 0.323 e. The van der Waals surface area contributed by atoms with Gasteiger partial charge >= 0.3 is 6.03 Å². The molecule has 1 aromatic carbocycles. The molecule has 0 atom stereocenters. The van der Waals surface area contributed by atoms with Gasteiger partial charge in [0.2, 0.25) is 0 Å². The molecule has 3 amide bonds. The zero-order valence-electron chi connectivity index (χ0n) is 12.9. The molecule has 1 aromatic heterocycles. The molecule has 1 saturated carbocycles. The Labute approximate surface area is 138 Å². The normalized spacial score (nSPS) is 21.0. The predicted molar refractivity (Wildman–Crippen MR) is 89.1 cm³/mol. The molecule has 0 radical (unpaired) electrons. The summed E-state index contributed by atoms with van der Waals surface area (Å²) in [5, 5.41) is 3.78. The lowest BCUT2D eigenvalue weighted by molar-refractivity contribution is -0.132. The zero-order valence-corrected chi connectivity index (χ0v) is 13.7. The number of fused-ring (bicyclic) bond motifs is 1. The molecule has 5 nitrogen and oxygen atoms in total. The Balaban J connectivity index is 1.58. The summed E-state index contributed by atoms with van der Waals surface area (Å²) >= 11 is 1.54. The number of thiazole rings is 1. The van der Waals surface area contributed by atoms with Gasteiger partial charge in [-0.25, -0.2) is 9.78 Å². The average Bonchev–Trinajstić information content (AvgIpc) is 2.93. The van der Waals surface area contributed by atoms with Gasteiger partial charge in [-0.15, -0.1) is 11.3 Å². The van der Waals surface area contributed by atoms with Gasteiger partial charge in [0, 0.05) is 0 Å². The highest BCUT2D eigenvalue weighted by Gasteiger charge is 2.50. The van der Waals surface area contributed by atoms with E-state index >= 15 is 0 Å². The van der Waals surface area contributed by atoms with Crippen LogP contribution in [0, 0.1) is 0 Å². The van der Waals surface area contributed by atoms with Gasteiger partial charge in [0.1, 0.15) is 10.5 Å². The van der Waals surface area contributed by atoms with E-state index < -0.39 is 5.54 Å². The van der Waals surface area contributed by atoms with Gasteiger partial charge < -0.3 is 5.32 Å². The minimum Gasteiger partial charge on any atom is -0.323 e. The highest BCUT2D eigenvalue weighted by Crippen LogP contribution is 2.34. The van der Waals surface area contributed by atoms with Gasteiger partial charge in [-0.3, -0.25) is 9.69 Å². The molecule has 1 aliphatic carbocycles. The second kappa shape index (κ2) is 5.60. The average molecular weight is 329 g/mol. The van der Waals surface area contributed by atoms with E-state index in [2.05, 4.69) is 10.3 Å². The van der Waals surface area contributed by atoms with Crippen LogP contribution in [0.25, 0.3) is 10.2 Å². The van der Waals surface area contributed by atoms with Crippen LogP contribution < -0.4 is 5.32 Å². The van der Waals surface area contributed by atoms with Gasteiger partial charge in [-0.05, 0) is 25.0 Å². The van der Waals surface area contributed by atoms with Crippen molar-refractivity contribution >= 4 is 33.5 Å². The topological polar surface area (TPSA) is 62.3 Å². The molecule has 2 aromatic rings. The number of carbonyl (C=O) groups excluding carboxylic acids is 2. The number of nitrogens with one attached hydrogen (secondary N) is 1. The highest BCUT2D eigenvalue weighted by atomic mass is 32.1. The van der Waals surface area contributed by atoms with Crippen molar-refractivity contribution in [2.45, 2.75) is 50.6 Å². The van der Waals surface area contributed by atoms with E-state index in [0.29, 0.717) is 0 Å². The fourth-order valence-electron chi connectivity index (χ4n) is 3.61. The number of para-hydroxylation sites is 1. The first-order valence-corrected chi connectivity index (χ1v) is 8.98. The molecule has 1 aliphatic heterocycles. The van der Waals surface area contributed by atoms with Gasteiger partial charge in [0.25, 0.3) is 5.91 Å². The summed E-state index contributed by atoms with van der Waals surface area (Å²) in [4.78, 5) is 31.1. The summed E-state index contributed by atoms with van der Waals surface area (Å²) in [7, 11) is 0. The summed E-state index contributed by atoms with van der Waals surface area (Å²) in [6, 6.07) is 7.61. The fraction of sp³-hybridized carbons (Fsp3) is 0.471. The van der Waals surface area contributed by atoms with Crippen molar-refractivity contribution in [1.29, 1.82) is 0 Å². The molecular weight excluding hydrogens is 310 g/mol. The number of carbonyl (C=O) groups is 2. The molecule has 0 bridgehead atoms. The SMILES string of the molecule is O=C1NC2(CCCCCC2)C(=O)N1Cc1nc2ccccc2s1. The first-order chi connectivity index (χ1) is 11.2. The Morgan fingerprint density at radius 3 is 2.61 bits per heavy atom. The Morgan fingerprint density at radius 1 is 1.13 bits per heavy atom. The number of hydrogen-bond acceptors (Lipinski definition) is 4. The van der Waals surface area contributed by atoms with E-state index in [1.807, 2.05) is 24.3 Å². The Morgan fingerprint density at radius 2 is 1.87 bits per heavy atom.